The van der Waals surface area contributed by atoms with Gasteiger partial charge in [0.1, 0.15) is 0 Å². The molecule has 0 amide bonds. The highest BCUT2D eigenvalue weighted by Gasteiger charge is 2.12. The molecule has 1 fully saturated rings. The maximum Gasteiger partial charge on any atom is 0.0552 e. The van der Waals surface area contributed by atoms with Gasteiger partial charge in [0.15, 0.2) is 0 Å². The van der Waals surface area contributed by atoms with Gasteiger partial charge in [-0.1, -0.05) is 0 Å². The quantitative estimate of drug-likeness (QED) is 0.607. The van der Waals surface area contributed by atoms with E-state index in [0.717, 1.165) is 12.4 Å². The minimum atomic E-state index is 0.882. The second-order valence-electron chi connectivity index (χ2n) is 3.75. The number of methoxy groups -OCH3 is 1. The van der Waals surface area contributed by atoms with Gasteiger partial charge < -0.3 is 9.64 Å². The molecule has 0 atom stereocenters. The molecule has 0 aliphatic carbocycles. The molecule has 1 rings (SSSR count). The second kappa shape index (κ2) is 7.51. The second-order valence-corrected chi connectivity index (χ2v) is 4.97. The minimum Gasteiger partial charge on any atom is -0.384 e. The highest BCUT2D eigenvalue weighted by atomic mass is 32.2. The summed E-state index contributed by atoms with van der Waals surface area (Å²) in [6, 6.07) is 0. The molecule has 0 aromatic rings. The van der Waals surface area contributed by atoms with Gasteiger partial charge in [0.05, 0.1) is 6.61 Å². The molecular formula is C10H22N2OS. The summed E-state index contributed by atoms with van der Waals surface area (Å²) in [5.74, 6) is 2.37. The van der Waals surface area contributed by atoms with Crippen LogP contribution in [0.3, 0.4) is 0 Å². The van der Waals surface area contributed by atoms with Crippen molar-refractivity contribution in [3.8, 4) is 0 Å². The van der Waals surface area contributed by atoms with Crippen molar-refractivity contribution in [2.45, 2.75) is 0 Å². The van der Waals surface area contributed by atoms with E-state index in [9.17, 15) is 0 Å². The van der Waals surface area contributed by atoms with Crippen LogP contribution in [0.15, 0.2) is 0 Å². The molecule has 1 heterocycles. The maximum absolute atomic E-state index is 5.01. The Morgan fingerprint density at radius 2 is 1.86 bits per heavy atom. The van der Waals surface area contributed by atoms with Crippen molar-refractivity contribution in [2.24, 2.45) is 0 Å². The van der Waals surface area contributed by atoms with E-state index in [0.29, 0.717) is 0 Å². The Hall–Kier alpha value is 0.230. The first kappa shape index (κ1) is 12.3. The Balaban J connectivity index is 1.91. The molecule has 0 bridgehead atoms. The number of ether oxygens (including phenoxy) is 1. The van der Waals surface area contributed by atoms with Gasteiger partial charge >= 0.3 is 0 Å². The molecule has 14 heavy (non-hydrogen) atoms. The number of hydrogen-bond donors (Lipinski definition) is 0. The average Bonchev–Trinajstić information content (AvgIpc) is 2.21. The third kappa shape index (κ3) is 5.20. The Morgan fingerprint density at radius 1 is 1.14 bits per heavy atom. The van der Waals surface area contributed by atoms with E-state index in [4.69, 9.17) is 4.74 Å². The minimum absolute atomic E-state index is 0.882. The Labute approximate surface area is 91.8 Å². The van der Waals surface area contributed by atoms with Crippen LogP contribution in [0.2, 0.25) is 0 Å². The Bertz CT molecular complexity index is 138. The van der Waals surface area contributed by atoms with Gasteiger partial charge in [-0.05, 0) is 7.05 Å². The number of thioether (sulfide) groups is 1. The predicted molar refractivity (Wildman–Crippen MR) is 63.1 cm³/mol. The molecule has 4 heteroatoms. The zero-order valence-electron chi connectivity index (χ0n) is 9.37. The Morgan fingerprint density at radius 3 is 2.50 bits per heavy atom. The van der Waals surface area contributed by atoms with Gasteiger partial charge in [-0.15, -0.1) is 0 Å². The topological polar surface area (TPSA) is 15.7 Å². The van der Waals surface area contributed by atoms with Gasteiger partial charge in [-0.3, -0.25) is 4.90 Å². The van der Waals surface area contributed by atoms with Crippen LogP contribution >= 0.6 is 11.8 Å². The van der Waals surface area contributed by atoms with Crippen LogP contribution in [0.25, 0.3) is 0 Å². The molecule has 0 radical (unpaired) electrons. The fourth-order valence-electron chi connectivity index (χ4n) is 1.51. The number of hydrogen-bond acceptors (Lipinski definition) is 4. The summed E-state index contributed by atoms with van der Waals surface area (Å²) in [6.45, 7) is 7.05. The number of piperazine rings is 1. The summed E-state index contributed by atoms with van der Waals surface area (Å²) in [5, 5.41) is 0. The van der Waals surface area contributed by atoms with E-state index in [1.165, 1.54) is 38.5 Å². The molecule has 1 saturated heterocycles. The molecular weight excluding hydrogens is 196 g/mol. The van der Waals surface area contributed by atoms with Crippen molar-refractivity contribution < 1.29 is 4.74 Å². The monoisotopic (exact) mass is 218 g/mol. The van der Waals surface area contributed by atoms with Crippen LogP contribution < -0.4 is 0 Å². The summed E-state index contributed by atoms with van der Waals surface area (Å²) in [6.07, 6.45) is 0. The van der Waals surface area contributed by atoms with Crippen LogP contribution in [0.4, 0.5) is 0 Å². The normalized spacial score (nSPS) is 20.1. The van der Waals surface area contributed by atoms with E-state index in [1.54, 1.807) is 7.11 Å². The third-order valence-corrected chi connectivity index (χ3v) is 3.51. The van der Waals surface area contributed by atoms with Crippen LogP contribution in [0, 0.1) is 0 Å². The lowest BCUT2D eigenvalue weighted by Gasteiger charge is -2.32. The molecule has 0 aromatic carbocycles. The first-order valence-electron chi connectivity index (χ1n) is 5.30. The number of likely N-dealkylation sites (N-methyl/N-ethyl adjacent to an activating group) is 1. The summed E-state index contributed by atoms with van der Waals surface area (Å²) >= 11 is 1.99. The zero-order chi connectivity index (χ0) is 10.2. The number of rotatable bonds is 6. The summed E-state index contributed by atoms with van der Waals surface area (Å²) < 4.78 is 5.01. The molecule has 0 aromatic heterocycles. The number of nitrogens with zero attached hydrogens (tertiary/aromatic N) is 2. The van der Waals surface area contributed by atoms with Gasteiger partial charge in [-0.2, -0.15) is 11.8 Å². The average molecular weight is 218 g/mol. The SMILES string of the molecule is COCCSCCN1CCN(C)CC1. The molecule has 0 unspecified atom stereocenters. The van der Waals surface area contributed by atoms with Gasteiger partial charge in [0, 0.05) is 51.3 Å². The van der Waals surface area contributed by atoms with Gasteiger partial charge in [0.25, 0.3) is 0 Å². The summed E-state index contributed by atoms with van der Waals surface area (Å²) in [4.78, 5) is 4.95. The van der Waals surface area contributed by atoms with Crippen LogP contribution in [0.1, 0.15) is 0 Å². The van der Waals surface area contributed by atoms with E-state index < -0.39 is 0 Å². The molecule has 3 nitrogen and oxygen atoms in total. The fourth-order valence-corrected chi connectivity index (χ4v) is 2.39. The van der Waals surface area contributed by atoms with Crippen LogP contribution in [-0.4, -0.2) is 74.8 Å². The molecule has 1 aliphatic heterocycles. The van der Waals surface area contributed by atoms with Gasteiger partial charge in [-0.25, -0.2) is 0 Å². The summed E-state index contributed by atoms with van der Waals surface area (Å²) in [7, 11) is 3.96. The van der Waals surface area contributed by atoms with E-state index in [2.05, 4.69) is 16.8 Å². The first-order chi connectivity index (χ1) is 6.83. The van der Waals surface area contributed by atoms with Crippen molar-refractivity contribution in [1.29, 1.82) is 0 Å². The molecule has 0 saturated carbocycles. The smallest absolute Gasteiger partial charge is 0.0552 e. The van der Waals surface area contributed by atoms with Crippen LogP contribution in [0.5, 0.6) is 0 Å². The lowest BCUT2D eigenvalue weighted by molar-refractivity contribution is 0.161. The Kier molecular flexibility index (Phi) is 6.60. The van der Waals surface area contributed by atoms with Crippen molar-refractivity contribution in [3.63, 3.8) is 0 Å². The van der Waals surface area contributed by atoms with E-state index >= 15 is 0 Å². The fraction of sp³-hybridized carbons (Fsp3) is 1.00. The third-order valence-electron chi connectivity index (χ3n) is 2.58. The molecule has 0 N–H and O–H groups in total. The zero-order valence-corrected chi connectivity index (χ0v) is 10.2. The van der Waals surface area contributed by atoms with Crippen molar-refractivity contribution in [1.82, 2.24) is 9.80 Å². The highest BCUT2D eigenvalue weighted by molar-refractivity contribution is 7.99. The van der Waals surface area contributed by atoms with Crippen molar-refractivity contribution in [2.75, 3.05) is 65.0 Å². The van der Waals surface area contributed by atoms with Crippen LogP contribution in [-0.2, 0) is 4.74 Å². The first-order valence-corrected chi connectivity index (χ1v) is 6.46. The van der Waals surface area contributed by atoms with Crippen molar-refractivity contribution >= 4 is 11.8 Å². The highest BCUT2D eigenvalue weighted by Crippen LogP contribution is 2.03. The van der Waals surface area contributed by atoms with E-state index in [-0.39, 0.29) is 0 Å². The molecule has 0 spiro atoms. The van der Waals surface area contributed by atoms with E-state index in [1.807, 2.05) is 11.8 Å². The summed E-state index contributed by atoms with van der Waals surface area (Å²) in [5.41, 5.74) is 0. The van der Waals surface area contributed by atoms with Crippen molar-refractivity contribution in [3.05, 3.63) is 0 Å². The largest absolute Gasteiger partial charge is 0.384 e. The molecule has 84 valence electrons. The standard InChI is InChI=1S/C10H22N2OS/c1-11-3-5-12(6-4-11)7-9-14-10-8-13-2/h3-10H2,1-2H3. The lowest BCUT2D eigenvalue weighted by atomic mass is 10.3. The maximum atomic E-state index is 5.01. The lowest BCUT2D eigenvalue weighted by Crippen LogP contribution is -2.45. The van der Waals surface area contributed by atoms with Gasteiger partial charge in [0.2, 0.25) is 0 Å². The predicted octanol–water partition coefficient (Wildman–Crippen LogP) is 0.613. The molecule has 1 aliphatic rings.